The van der Waals surface area contributed by atoms with Gasteiger partial charge in [0.25, 0.3) is 0 Å². The van der Waals surface area contributed by atoms with Crippen LogP contribution in [0.5, 0.6) is 0 Å². The average Bonchev–Trinajstić information content (AvgIpc) is 3.08. The van der Waals surface area contributed by atoms with Crippen molar-refractivity contribution >= 4 is 10.4 Å². The zero-order valence-electron chi connectivity index (χ0n) is 20.6. The van der Waals surface area contributed by atoms with Crippen LogP contribution in [0, 0.1) is 52.3 Å². The van der Waals surface area contributed by atoms with Crippen LogP contribution in [-0.2, 0) is 14.6 Å². The molecule has 7 nitrogen and oxygen atoms in total. The first-order chi connectivity index (χ1) is 15.3. The molecule has 8 heteroatoms. The zero-order chi connectivity index (χ0) is 24.3. The van der Waals surface area contributed by atoms with Crippen LogP contribution < -0.4 is 0 Å². The van der Waals surface area contributed by atoms with Gasteiger partial charge in [-0.2, -0.15) is 8.42 Å². The highest BCUT2D eigenvalue weighted by atomic mass is 32.3. The van der Waals surface area contributed by atoms with Gasteiger partial charge >= 0.3 is 10.4 Å². The van der Waals surface area contributed by atoms with Crippen LogP contribution in [-0.4, -0.2) is 53.2 Å². The van der Waals surface area contributed by atoms with Crippen LogP contribution in [0.2, 0.25) is 0 Å². The quantitative estimate of drug-likeness (QED) is 0.422. The molecule has 0 radical (unpaired) electrons. The number of rotatable bonds is 6. The topological polar surface area (TPSA) is 124 Å². The van der Waals surface area contributed by atoms with E-state index in [-0.39, 0.29) is 65.0 Å². The second-order valence-corrected chi connectivity index (χ2v) is 13.3. The molecule has 33 heavy (non-hydrogen) atoms. The molecule has 4 aliphatic carbocycles. The van der Waals surface area contributed by atoms with Gasteiger partial charge in [0.1, 0.15) is 0 Å². The van der Waals surface area contributed by atoms with Crippen LogP contribution in [0.25, 0.3) is 0 Å². The van der Waals surface area contributed by atoms with E-state index < -0.39 is 22.6 Å². The Labute approximate surface area is 199 Å². The van der Waals surface area contributed by atoms with Crippen molar-refractivity contribution in [2.75, 3.05) is 6.61 Å². The van der Waals surface area contributed by atoms with E-state index in [4.69, 9.17) is 4.55 Å². The minimum atomic E-state index is -4.45. The van der Waals surface area contributed by atoms with Gasteiger partial charge in [-0.15, -0.1) is 0 Å². The normalized spacial score (nSPS) is 50.8. The average molecular weight is 489 g/mol. The van der Waals surface area contributed by atoms with E-state index in [0.717, 1.165) is 38.5 Å². The van der Waals surface area contributed by atoms with Gasteiger partial charge in [-0.1, -0.05) is 34.1 Å². The van der Waals surface area contributed by atoms with Gasteiger partial charge in [0.15, 0.2) is 0 Å². The molecule has 4 rings (SSSR count). The Morgan fingerprint density at radius 2 is 1.73 bits per heavy atom. The fraction of sp³-hybridized carbons (Fsp3) is 1.00. The molecule has 0 aromatic carbocycles. The van der Waals surface area contributed by atoms with Crippen molar-refractivity contribution in [2.45, 2.75) is 97.4 Å². The molecular formula is C25H44O7S. The number of fused-ring (bicyclic) bond motifs is 5. The molecule has 12 atom stereocenters. The van der Waals surface area contributed by atoms with Crippen molar-refractivity contribution in [1.82, 2.24) is 0 Å². The predicted molar refractivity (Wildman–Crippen MR) is 124 cm³/mol. The summed E-state index contributed by atoms with van der Waals surface area (Å²) in [6.45, 7) is 8.70. The Hall–Kier alpha value is -0.250. The number of aliphatic hydroxyl groups excluding tert-OH is 3. The zero-order valence-corrected chi connectivity index (χ0v) is 21.4. The minimum Gasteiger partial charge on any atom is -0.393 e. The smallest absolute Gasteiger partial charge is 0.393 e. The van der Waals surface area contributed by atoms with Gasteiger partial charge in [0, 0.05) is 0 Å². The highest BCUT2D eigenvalue weighted by Gasteiger charge is 2.67. The lowest BCUT2D eigenvalue weighted by atomic mass is 9.41. The molecule has 0 heterocycles. The molecule has 4 aliphatic rings. The molecule has 0 aliphatic heterocycles. The molecule has 192 valence electrons. The molecule has 4 saturated carbocycles. The lowest BCUT2D eigenvalue weighted by molar-refractivity contribution is -0.228. The first-order valence-corrected chi connectivity index (χ1v) is 14.4. The third-order valence-corrected chi connectivity index (χ3v) is 11.5. The monoisotopic (exact) mass is 488 g/mol. The molecule has 0 saturated heterocycles. The van der Waals surface area contributed by atoms with E-state index in [1.165, 1.54) is 0 Å². The Balaban J connectivity index is 1.61. The van der Waals surface area contributed by atoms with Crippen molar-refractivity contribution in [3.05, 3.63) is 0 Å². The van der Waals surface area contributed by atoms with Gasteiger partial charge in [-0.05, 0) is 97.2 Å². The molecule has 0 bridgehead atoms. The van der Waals surface area contributed by atoms with Crippen molar-refractivity contribution < 1.29 is 32.5 Å². The Morgan fingerprint density at radius 3 is 2.36 bits per heavy atom. The molecule has 0 amide bonds. The molecule has 0 spiro atoms. The summed E-state index contributed by atoms with van der Waals surface area (Å²) >= 11 is 0. The lowest BCUT2D eigenvalue weighted by Crippen LogP contribution is -2.65. The molecule has 3 unspecified atom stereocenters. The number of hydrogen-bond acceptors (Lipinski definition) is 6. The van der Waals surface area contributed by atoms with Gasteiger partial charge in [0.2, 0.25) is 0 Å². The maximum absolute atomic E-state index is 11.7. The summed E-state index contributed by atoms with van der Waals surface area (Å²) in [5.74, 6) is 1.40. The molecular weight excluding hydrogens is 444 g/mol. The largest absolute Gasteiger partial charge is 0.397 e. The summed E-state index contributed by atoms with van der Waals surface area (Å²) in [6.07, 6.45) is 5.28. The van der Waals surface area contributed by atoms with Crippen LogP contribution in [0.1, 0.15) is 79.1 Å². The van der Waals surface area contributed by atoms with E-state index in [1.54, 1.807) is 0 Å². The summed E-state index contributed by atoms with van der Waals surface area (Å²) in [5.41, 5.74) is -0.311. The lowest BCUT2D eigenvalue weighted by Gasteiger charge is -2.65. The third kappa shape index (κ3) is 4.20. The van der Waals surface area contributed by atoms with E-state index in [1.807, 2.05) is 0 Å². The molecule has 4 N–H and O–H groups in total. The number of aliphatic hydroxyl groups is 3. The first-order valence-electron chi connectivity index (χ1n) is 13.0. The standard InChI is InChI=1S/C25H44O7S/c1-5-16-19-12-15(26)8-10-24(19,3)20-13-21(27)25(4)17(6-7-18(25)22(20)23(16)28)14(2)9-11-32-33(29,30)31/h14-23,26-28H,5-13H2,1-4H3,(H,29,30,31)/t14-,15-,16-,17-,18?,19+,20?,21+,22?,23+,24+,25-/m1/s1. The SMILES string of the molecule is CC[C@H]1[C@H](O)C2C3CC[C@H]([C@H](C)CCOS(=O)(=O)O)[C@@]3(C)[C@@H](O)CC2[C@@]2(C)CC[C@@H](O)C[C@@H]12. The van der Waals surface area contributed by atoms with E-state index in [0.29, 0.717) is 12.8 Å². The van der Waals surface area contributed by atoms with Crippen LogP contribution in [0.4, 0.5) is 0 Å². The first kappa shape index (κ1) is 25.8. The molecule has 0 aromatic rings. The van der Waals surface area contributed by atoms with Crippen molar-refractivity contribution in [2.24, 2.45) is 52.3 Å². The Bertz CT molecular complexity index is 818. The maximum Gasteiger partial charge on any atom is 0.397 e. The van der Waals surface area contributed by atoms with E-state index >= 15 is 0 Å². The van der Waals surface area contributed by atoms with Crippen molar-refractivity contribution in [1.29, 1.82) is 0 Å². The van der Waals surface area contributed by atoms with Crippen molar-refractivity contribution in [3.8, 4) is 0 Å². The summed E-state index contributed by atoms with van der Waals surface area (Å²) in [4.78, 5) is 0. The van der Waals surface area contributed by atoms with E-state index in [2.05, 4.69) is 31.9 Å². The van der Waals surface area contributed by atoms with E-state index in [9.17, 15) is 23.7 Å². The molecule has 0 aromatic heterocycles. The van der Waals surface area contributed by atoms with Crippen LogP contribution >= 0.6 is 0 Å². The fourth-order valence-corrected chi connectivity index (χ4v) is 9.74. The van der Waals surface area contributed by atoms with Gasteiger partial charge in [-0.25, -0.2) is 4.18 Å². The van der Waals surface area contributed by atoms with Gasteiger partial charge in [0.05, 0.1) is 24.9 Å². The highest BCUT2D eigenvalue weighted by molar-refractivity contribution is 7.80. The number of hydrogen-bond donors (Lipinski definition) is 4. The minimum absolute atomic E-state index is 0.0269. The second kappa shape index (κ2) is 9.00. The summed E-state index contributed by atoms with van der Waals surface area (Å²) in [5, 5.41) is 33.8. The summed E-state index contributed by atoms with van der Waals surface area (Å²) in [6, 6.07) is 0. The fourth-order valence-electron chi connectivity index (χ4n) is 9.43. The van der Waals surface area contributed by atoms with Gasteiger partial charge in [-0.3, -0.25) is 4.55 Å². The van der Waals surface area contributed by atoms with Crippen molar-refractivity contribution in [3.63, 3.8) is 0 Å². The summed E-state index contributed by atoms with van der Waals surface area (Å²) in [7, 11) is -4.45. The van der Waals surface area contributed by atoms with Gasteiger partial charge < -0.3 is 15.3 Å². The summed E-state index contributed by atoms with van der Waals surface area (Å²) < 4.78 is 35.3. The molecule has 4 fully saturated rings. The Morgan fingerprint density at radius 1 is 1.03 bits per heavy atom. The Kier molecular flexibility index (Phi) is 7.05. The van der Waals surface area contributed by atoms with Crippen LogP contribution in [0.3, 0.4) is 0 Å². The van der Waals surface area contributed by atoms with Crippen LogP contribution in [0.15, 0.2) is 0 Å². The second-order valence-electron chi connectivity index (χ2n) is 12.2. The maximum atomic E-state index is 11.7. The third-order valence-electron chi connectivity index (χ3n) is 11.1. The predicted octanol–water partition coefficient (Wildman–Crippen LogP) is 3.43. The highest BCUT2D eigenvalue weighted by Crippen LogP contribution is 2.69.